The van der Waals surface area contributed by atoms with E-state index in [-0.39, 0.29) is 5.54 Å². The number of rotatable bonds is 5. The summed E-state index contributed by atoms with van der Waals surface area (Å²) in [4.78, 5) is 0. The Morgan fingerprint density at radius 3 is 2.65 bits per heavy atom. The van der Waals surface area contributed by atoms with Gasteiger partial charge in [0.2, 0.25) is 0 Å². The van der Waals surface area contributed by atoms with Crippen molar-refractivity contribution < 1.29 is 9.47 Å². The first-order valence-corrected chi connectivity index (χ1v) is 6.20. The smallest absolute Gasteiger partial charge is 0.182 e. The molecule has 0 aliphatic carbocycles. The molecular weight excluding hydrogens is 258 g/mol. The predicted molar refractivity (Wildman–Crippen MR) is 75.4 cm³/mol. The monoisotopic (exact) mass is 277 g/mol. The van der Waals surface area contributed by atoms with Gasteiger partial charge in [-0.1, -0.05) is 0 Å². The fraction of sp³-hybridized carbons (Fsp3) is 0.462. The summed E-state index contributed by atoms with van der Waals surface area (Å²) in [5.74, 6) is 1.29. The minimum absolute atomic E-state index is 0.370. The van der Waals surface area contributed by atoms with Crippen molar-refractivity contribution in [3.05, 3.63) is 18.2 Å². The first-order chi connectivity index (χ1) is 9.47. The molecule has 0 saturated carbocycles. The summed E-state index contributed by atoms with van der Waals surface area (Å²) in [6.45, 7) is 4.49. The summed E-state index contributed by atoms with van der Waals surface area (Å²) in [5, 5.41) is 11.9. The molecule has 108 valence electrons. The molecule has 2 aromatic rings. The lowest BCUT2D eigenvalue weighted by atomic mass is 10.1. The van der Waals surface area contributed by atoms with Gasteiger partial charge < -0.3 is 15.2 Å². The number of methoxy groups -OCH3 is 2. The maximum absolute atomic E-state index is 5.88. The van der Waals surface area contributed by atoms with Crippen LogP contribution in [0.4, 0.5) is 5.69 Å². The molecule has 7 nitrogen and oxygen atoms in total. The largest absolute Gasteiger partial charge is 0.497 e. The molecule has 0 atom stereocenters. The Labute approximate surface area is 117 Å². The third kappa shape index (κ3) is 2.72. The van der Waals surface area contributed by atoms with E-state index in [0.717, 1.165) is 5.56 Å². The van der Waals surface area contributed by atoms with Crippen molar-refractivity contribution in [2.45, 2.75) is 19.4 Å². The number of nitrogens with zero attached hydrogens (tertiary/aromatic N) is 4. The SMILES string of the molecule is COCC(C)(C)n1nnnc1-c1cc(N)cc(OC)c1. The number of hydrogen-bond acceptors (Lipinski definition) is 6. The molecule has 20 heavy (non-hydrogen) atoms. The topological polar surface area (TPSA) is 88.1 Å². The van der Waals surface area contributed by atoms with Crippen LogP contribution in [0.3, 0.4) is 0 Å². The Morgan fingerprint density at radius 1 is 1.25 bits per heavy atom. The van der Waals surface area contributed by atoms with Crippen LogP contribution in [-0.4, -0.2) is 41.0 Å². The highest BCUT2D eigenvalue weighted by molar-refractivity contribution is 5.64. The Bertz CT molecular complexity index is 594. The van der Waals surface area contributed by atoms with Crippen LogP contribution in [0.15, 0.2) is 18.2 Å². The fourth-order valence-electron chi connectivity index (χ4n) is 2.06. The summed E-state index contributed by atoms with van der Waals surface area (Å²) >= 11 is 0. The Morgan fingerprint density at radius 2 is 2.00 bits per heavy atom. The maximum atomic E-state index is 5.88. The van der Waals surface area contributed by atoms with Crippen molar-refractivity contribution in [1.82, 2.24) is 20.2 Å². The number of nitrogens with two attached hydrogens (primary N) is 1. The van der Waals surface area contributed by atoms with Gasteiger partial charge >= 0.3 is 0 Å². The van der Waals surface area contributed by atoms with E-state index in [9.17, 15) is 0 Å². The highest BCUT2D eigenvalue weighted by Crippen LogP contribution is 2.28. The average molecular weight is 277 g/mol. The standard InChI is InChI=1S/C13H19N5O2/c1-13(2,8-19-3)18-12(15-16-17-18)9-5-10(14)7-11(6-9)20-4/h5-7H,8,14H2,1-4H3. The van der Waals surface area contributed by atoms with Crippen LogP contribution in [-0.2, 0) is 10.3 Å². The van der Waals surface area contributed by atoms with Gasteiger partial charge in [0.05, 0.1) is 19.3 Å². The van der Waals surface area contributed by atoms with Gasteiger partial charge in [-0.3, -0.25) is 0 Å². The average Bonchev–Trinajstić information content (AvgIpc) is 2.88. The number of anilines is 1. The van der Waals surface area contributed by atoms with Crippen molar-refractivity contribution in [1.29, 1.82) is 0 Å². The van der Waals surface area contributed by atoms with Crippen LogP contribution in [0.5, 0.6) is 5.75 Å². The molecule has 2 N–H and O–H groups in total. The van der Waals surface area contributed by atoms with E-state index in [1.54, 1.807) is 25.0 Å². The zero-order valence-electron chi connectivity index (χ0n) is 12.1. The van der Waals surface area contributed by atoms with Gasteiger partial charge in [-0.05, 0) is 36.4 Å². The molecule has 0 saturated heterocycles. The lowest BCUT2D eigenvalue weighted by Gasteiger charge is -2.24. The first kappa shape index (κ1) is 14.3. The van der Waals surface area contributed by atoms with Gasteiger partial charge in [-0.25, -0.2) is 4.68 Å². The highest BCUT2D eigenvalue weighted by Gasteiger charge is 2.26. The normalized spacial score (nSPS) is 11.6. The van der Waals surface area contributed by atoms with E-state index >= 15 is 0 Å². The number of aromatic nitrogens is 4. The predicted octanol–water partition coefficient (Wildman–Crippen LogP) is 1.31. The van der Waals surface area contributed by atoms with E-state index in [2.05, 4.69) is 15.5 Å². The van der Waals surface area contributed by atoms with Crippen LogP contribution < -0.4 is 10.5 Å². The van der Waals surface area contributed by atoms with Crippen LogP contribution >= 0.6 is 0 Å². The van der Waals surface area contributed by atoms with Gasteiger partial charge in [0.15, 0.2) is 5.82 Å². The number of tetrazole rings is 1. The van der Waals surface area contributed by atoms with E-state index < -0.39 is 0 Å². The van der Waals surface area contributed by atoms with Crippen molar-refractivity contribution in [2.75, 3.05) is 26.6 Å². The molecular formula is C13H19N5O2. The first-order valence-electron chi connectivity index (χ1n) is 6.20. The van der Waals surface area contributed by atoms with Crippen LogP contribution in [0.2, 0.25) is 0 Å². The molecule has 0 unspecified atom stereocenters. The molecule has 0 aliphatic heterocycles. The summed E-state index contributed by atoms with van der Waals surface area (Å²) in [6, 6.07) is 5.41. The minimum Gasteiger partial charge on any atom is -0.497 e. The van der Waals surface area contributed by atoms with Crippen LogP contribution in [0.1, 0.15) is 13.8 Å². The van der Waals surface area contributed by atoms with Crippen molar-refractivity contribution in [3.8, 4) is 17.1 Å². The number of hydrogen-bond donors (Lipinski definition) is 1. The third-order valence-electron chi connectivity index (χ3n) is 2.96. The molecule has 0 bridgehead atoms. The fourth-order valence-corrected chi connectivity index (χ4v) is 2.06. The van der Waals surface area contributed by atoms with E-state index in [1.165, 1.54) is 0 Å². The molecule has 1 aromatic carbocycles. The lowest BCUT2D eigenvalue weighted by molar-refractivity contribution is 0.101. The molecule has 0 spiro atoms. The zero-order valence-corrected chi connectivity index (χ0v) is 12.1. The summed E-state index contributed by atoms with van der Waals surface area (Å²) in [5.41, 5.74) is 6.90. The highest BCUT2D eigenvalue weighted by atomic mass is 16.5. The second-order valence-electron chi connectivity index (χ2n) is 5.15. The zero-order chi connectivity index (χ0) is 14.8. The van der Waals surface area contributed by atoms with Crippen molar-refractivity contribution in [2.24, 2.45) is 0 Å². The van der Waals surface area contributed by atoms with Gasteiger partial charge in [0.25, 0.3) is 0 Å². The maximum Gasteiger partial charge on any atom is 0.182 e. The quantitative estimate of drug-likeness (QED) is 0.829. The molecule has 2 rings (SSSR count). The van der Waals surface area contributed by atoms with Crippen LogP contribution in [0, 0.1) is 0 Å². The van der Waals surface area contributed by atoms with E-state index in [1.807, 2.05) is 26.0 Å². The number of nitrogen functional groups attached to an aromatic ring is 1. The molecule has 7 heteroatoms. The van der Waals surface area contributed by atoms with E-state index in [0.29, 0.717) is 23.9 Å². The molecule has 0 fully saturated rings. The van der Waals surface area contributed by atoms with Crippen molar-refractivity contribution in [3.63, 3.8) is 0 Å². The Kier molecular flexibility index (Phi) is 3.89. The molecule has 0 radical (unpaired) electrons. The number of benzene rings is 1. The third-order valence-corrected chi connectivity index (χ3v) is 2.96. The summed E-state index contributed by atoms with van der Waals surface area (Å²) in [7, 11) is 3.24. The van der Waals surface area contributed by atoms with Crippen LogP contribution in [0.25, 0.3) is 11.4 Å². The summed E-state index contributed by atoms with van der Waals surface area (Å²) in [6.07, 6.45) is 0. The van der Waals surface area contributed by atoms with Gasteiger partial charge in [0, 0.05) is 24.4 Å². The van der Waals surface area contributed by atoms with Gasteiger partial charge in [-0.15, -0.1) is 5.10 Å². The minimum atomic E-state index is -0.370. The van der Waals surface area contributed by atoms with Gasteiger partial charge in [0.1, 0.15) is 5.75 Å². The Balaban J connectivity index is 2.49. The van der Waals surface area contributed by atoms with E-state index in [4.69, 9.17) is 15.2 Å². The molecule has 0 amide bonds. The second-order valence-corrected chi connectivity index (χ2v) is 5.15. The summed E-state index contributed by atoms with van der Waals surface area (Å²) < 4.78 is 12.2. The second kappa shape index (κ2) is 5.46. The van der Waals surface area contributed by atoms with Gasteiger partial charge in [-0.2, -0.15) is 0 Å². The number of ether oxygens (including phenoxy) is 2. The Hall–Kier alpha value is -2.15. The lowest BCUT2D eigenvalue weighted by Crippen LogP contribution is -2.33. The molecule has 0 aliphatic rings. The molecule has 1 aromatic heterocycles. The molecule has 1 heterocycles. The van der Waals surface area contributed by atoms with Crippen molar-refractivity contribution >= 4 is 5.69 Å².